The fourth-order valence-corrected chi connectivity index (χ4v) is 5.86. The van der Waals surface area contributed by atoms with Crippen molar-refractivity contribution in [3.63, 3.8) is 0 Å². The molecule has 182 valence electrons. The van der Waals surface area contributed by atoms with Crippen LogP contribution in [0.3, 0.4) is 0 Å². The van der Waals surface area contributed by atoms with Crippen molar-refractivity contribution in [2.24, 2.45) is 4.99 Å². The average Bonchev–Trinajstić information content (AvgIpc) is 3.60. The smallest absolute Gasteiger partial charge is 0.270 e. The SMILES string of the molecule is Cc1ccc2cc(C(=O)N3CCC[C@H]3CCN3CCN(C4=NCc5cc(F)ccc54)CC3)[nH]c2c1. The molecule has 0 unspecified atom stereocenters. The third-order valence-electron chi connectivity index (χ3n) is 7.80. The van der Waals surface area contributed by atoms with E-state index in [-0.39, 0.29) is 11.7 Å². The van der Waals surface area contributed by atoms with Gasteiger partial charge in [-0.2, -0.15) is 0 Å². The highest BCUT2D eigenvalue weighted by molar-refractivity contribution is 6.02. The molecule has 35 heavy (non-hydrogen) atoms. The third kappa shape index (κ3) is 4.33. The number of nitrogens with one attached hydrogen (secondary N) is 1. The van der Waals surface area contributed by atoms with Gasteiger partial charge in [0.05, 0.1) is 6.54 Å². The number of H-pyrrole nitrogens is 1. The Bertz CT molecular complexity index is 1290. The molecule has 0 spiro atoms. The van der Waals surface area contributed by atoms with Gasteiger partial charge in [-0.3, -0.25) is 14.7 Å². The van der Waals surface area contributed by atoms with Crippen molar-refractivity contribution in [2.75, 3.05) is 39.3 Å². The molecular weight excluding hydrogens is 441 g/mol. The fraction of sp³-hybridized carbons (Fsp3) is 0.429. The lowest BCUT2D eigenvalue weighted by Gasteiger charge is -2.37. The second kappa shape index (κ2) is 9.11. The number of rotatable bonds is 4. The van der Waals surface area contributed by atoms with Gasteiger partial charge in [0.15, 0.2) is 0 Å². The number of benzene rings is 2. The molecule has 1 N–H and O–H groups in total. The summed E-state index contributed by atoms with van der Waals surface area (Å²) in [6, 6.07) is 13.5. The first-order valence-electron chi connectivity index (χ1n) is 12.8. The van der Waals surface area contributed by atoms with E-state index in [4.69, 9.17) is 4.99 Å². The highest BCUT2D eigenvalue weighted by Gasteiger charge is 2.31. The summed E-state index contributed by atoms with van der Waals surface area (Å²) < 4.78 is 13.5. The van der Waals surface area contributed by atoms with Crippen LogP contribution in [-0.2, 0) is 6.54 Å². The summed E-state index contributed by atoms with van der Waals surface area (Å²) in [5.41, 5.74) is 4.98. The van der Waals surface area contributed by atoms with Crippen molar-refractivity contribution in [1.82, 2.24) is 19.7 Å². The van der Waals surface area contributed by atoms with Crippen LogP contribution in [0.25, 0.3) is 10.9 Å². The van der Waals surface area contributed by atoms with Crippen LogP contribution in [-0.4, -0.2) is 76.7 Å². The zero-order chi connectivity index (χ0) is 23.9. The van der Waals surface area contributed by atoms with E-state index in [0.29, 0.717) is 18.3 Å². The number of likely N-dealkylation sites (tertiary alicyclic amines) is 1. The van der Waals surface area contributed by atoms with E-state index in [1.807, 2.05) is 12.1 Å². The lowest BCUT2D eigenvalue weighted by Crippen LogP contribution is -2.49. The summed E-state index contributed by atoms with van der Waals surface area (Å²) in [4.78, 5) is 28.3. The zero-order valence-electron chi connectivity index (χ0n) is 20.3. The maximum Gasteiger partial charge on any atom is 0.270 e. The van der Waals surface area contributed by atoms with Crippen LogP contribution < -0.4 is 0 Å². The minimum atomic E-state index is -0.191. The van der Waals surface area contributed by atoms with Gasteiger partial charge < -0.3 is 14.8 Å². The predicted octanol–water partition coefficient (Wildman–Crippen LogP) is 4.19. The molecule has 6 rings (SSSR count). The van der Waals surface area contributed by atoms with Crippen molar-refractivity contribution < 1.29 is 9.18 Å². The van der Waals surface area contributed by atoms with Gasteiger partial charge in [-0.05, 0) is 67.6 Å². The second-order valence-corrected chi connectivity index (χ2v) is 10.1. The molecule has 0 radical (unpaired) electrons. The lowest BCUT2D eigenvalue weighted by molar-refractivity contribution is 0.0710. The van der Waals surface area contributed by atoms with Crippen molar-refractivity contribution in [3.8, 4) is 0 Å². The normalized spacial score (nSPS) is 20.5. The number of fused-ring (bicyclic) bond motifs is 2. The first-order valence-corrected chi connectivity index (χ1v) is 12.8. The maximum atomic E-state index is 13.5. The van der Waals surface area contributed by atoms with Gasteiger partial charge in [0.1, 0.15) is 17.3 Å². The molecule has 4 heterocycles. The van der Waals surface area contributed by atoms with Crippen LogP contribution in [0.1, 0.15) is 46.4 Å². The molecule has 6 nitrogen and oxygen atoms in total. The largest absolute Gasteiger partial charge is 0.354 e. The van der Waals surface area contributed by atoms with Gasteiger partial charge in [-0.25, -0.2) is 4.39 Å². The van der Waals surface area contributed by atoms with E-state index < -0.39 is 0 Å². The Hall–Kier alpha value is -3.19. The molecule has 0 bridgehead atoms. The molecule has 2 aromatic carbocycles. The lowest BCUT2D eigenvalue weighted by atomic mass is 10.1. The molecular formula is C28H32FN5O. The highest BCUT2D eigenvalue weighted by atomic mass is 19.1. The Morgan fingerprint density at radius 1 is 1.09 bits per heavy atom. The molecule has 0 saturated carbocycles. The number of aliphatic imine (C=N–C) groups is 1. The number of nitrogens with zero attached hydrogens (tertiary/aromatic N) is 4. The number of halogens is 1. The van der Waals surface area contributed by atoms with Gasteiger partial charge in [0.2, 0.25) is 0 Å². The van der Waals surface area contributed by atoms with Gasteiger partial charge in [-0.1, -0.05) is 12.1 Å². The predicted molar refractivity (Wildman–Crippen MR) is 136 cm³/mol. The number of carbonyl (C=O) groups excluding carboxylic acids is 1. The Morgan fingerprint density at radius 3 is 2.80 bits per heavy atom. The van der Waals surface area contributed by atoms with E-state index in [1.54, 1.807) is 6.07 Å². The number of hydrogen-bond donors (Lipinski definition) is 1. The van der Waals surface area contributed by atoms with Crippen molar-refractivity contribution in [3.05, 3.63) is 70.7 Å². The topological polar surface area (TPSA) is 54.9 Å². The van der Waals surface area contributed by atoms with Crippen LogP contribution >= 0.6 is 0 Å². The van der Waals surface area contributed by atoms with Crippen molar-refractivity contribution in [1.29, 1.82) is 0 Å². The Balaban J connectivity index is 1.04. The van der Waals surface area contributed by atoms with Crippen LogP contribution in [0.4, 0.5) is 4.39 Å². The Morgan fingerprint density at radius 2 is 1.94 bits per heavy atom. The van der Waals surface area contributed by atoms with E-state index >= 15 is 0 Å². The first-order chi connectivity index (χ1) is 17.0. The number of aromatic amines is 1. The summed E-state index contributed by atoms with van der Waals surface area (Å²) in [6.07, 6.45) is 3.16. The van der Waals surface area contributed by atoms with Crippen LogP contribution in [0.2, 0.25) is 0 Å². The van der Waals surface area contributed by atoms with E-state index in [1.165, 1.54) is 11.6 Å². The maximum absolute atomic E-state index is 13.5. The van der Waals surface area contributed by atoms with Crippen molar-refractivity contribution in [2.45, 2.75) is 38.8 Å². The molecule has 3 aliphatic heterocycles. The zero-order valence-corrected chi connectivity index (χ0v) is 20.3. The molecule has 1 aromatic heterocycles. The van der Waals surface area contributed by atoms with Crippen molar-refractivity contribution >= 4 is 22.6 Å². The van der Waals surface area contributed by atoms with Gasteiger partial charge in [0, 0.05) is 61.8 Å². The molecule has 1 amide bonds. The molecule has 0 aliphatic carbocycles. The van der Waals surface area contributed by atoms with E-state index in [0.717, 1.165) is 86.4 Å². The fourth-order valence-electron chi connectivity index (χ4n) is 5.86. The number of amidine groups is 1. The quantitative estimate of drug-likeness (QED) is 0.618. The number of hydrogen-bond acceptors (Lipinski definition) is 4. The van der Waals surface area contributed by atoms with Crippen LogP contribution in [0.15, 0.2) is 47.5 Å². The van der Waals surface area contributed by atoms with E-state index in [9.17, 15) is 9.18 Å². The molecule has 2 fully saturated rings. The van der Waals surface area contributed by atoms with Crippen LogP contribution in [0, 0.1) is 12.7 Å². The second-order valence-electron chi connectivity index (χ2n) is 10.1. The standard InChI is InChI=1S/C28H32FN5O/c1-19-4-5-20-17-26(31-25(20)15-19)28(35)34-9-2-3-23(34)8-10-32-11-13-33(14-12-32)27-24-7-6-22(29)16-21(24)18-30-27/h4-7,15-17,23,31H,2-3,8-14,18H2,1H3/t23-/m0/s1. The molecule has 3 aromatic rings. The van der Waals surface area contributed by atoms with Gasteiger partial charge >= 0.3 is 0 Å². The number of aromatic nitrogens is 1. The van der Waals surface area contributed by atoms with Gasteiger partial charge in [-0.15, -0.1) is 0 Å². The minimum absolute atomic E-state index is 0.125. The molecule has 7 heteroatoms. The summed E-state index contributed by atoms with van der Waals surface area (Å²) in [6.45, 7) is 8.31. The number of amides is 1. The van der Waals surface area contributed by atoms with Gasteiger partial charge in [0.25, 0.3) is 5.91 Å². The highest BCUT2D eigenvalue weighted by Crippen LogP contribution is 2.26. The average molecular weight is 474 g/mol. The summed E-state index contributed by atoms with van der Waals surface area (Å²) in [5, 5.41) is 1.09. The Labute approximate surface area is 205 Å². The summed E-state index contributed by atoms with van der Waals surface area (Å²) in [7, 11) is 0. The monoisotopic (exact) mass is 473 g/mol. The minimum Gasteiger partial charge on any atom is -0.354 e. The number of aryl methyl sites for hydroxylation is 1. The first kappa shape index (κ1) is 22.3. The molecule has 2 saturated heterocycles. The summed E-state index contributed by atoms with van der Waals surface area (Å²) in [5.74, 6) is 0.949. The molecule has 1 atom stereocenters. The number of piperazine rings is 1. The van der Waals surface area contributed by atoms with E-state index in [2.05, 4.69) is 44.8 Å². The summed E-state index contributed by atoms with van der Waals surface area (Å²) >= 11 is 0. The third-order valence-corrected chi connectivity index (χ3v) is 7.80. The Kier molecular flexibility index (Phi) is 5.80. The number of carbonyl (C=O) groups is 1. The van der Waals surface area contributed by atoms with Crippen LogP contribution in [0.5, 0.6) is 0 Å². The molecule has 3 aliphatic rings.